The molecule has 2 heterocycles. The van der Waals surface area contributed by atoms with Crippen LogP contribution in [-0.2, 0) is 14.3 Å². The highest BCUT2D eigenvalue weighted by molar-refractivity contribution is 9.10. The Morgan fingerprint density at radius 2 is 2.08 bits per heavy atom. The maximum absolute atomic E-state index is 13.0. The van der Waals surface area contributed by atoms with Gasteiger partial charge in [0.2, 0.25) is 0 Å². The van der Waals surface area contributed by atoms with Gasteiger partial charge in [0.25, 0.3) is 5.91 Å². The molecule has 2 atom stereocenters. The van der Waals surface area contributed by atoms with Gasteiger partial charge in [-0.25, -0.2) is 4.98 Å². The number of fused-ring (bicyclic) bond motifs is 3. The quantitative estimate of drug-likeness (QED) is 0.758. The first kappa shape index (κ1) is 16.0. The van der Waals surface area contributed by atoms with Crippen LogP contribution < -0.4 is 5.32 Å². The zero-order valence-electron chi connectivity index (χ0n) is 13.6. The number of amides is 1. The van der Waals surface area contributed by atoms with Crippen molar-refractivity contribution in [2.45, 2.75) is 39.2 Å². The standard InChI is InChI=1S/C17H17BrN2O3S/c1-15(2)16(3)6-7-17(15,23-13(16)22)12(21)20-14-19-10-5-4-9(18)8-11(10)24-14/h4-5,8H,6-7H2,1-3H3,(H,19,20,21)/t16-,17+/m1/s1. The first-order valence-corrected chi connectivity index (χ1v) is 9.42. The number of thiazole rings is 1. The van der Waals surface area contributed by atoms with E-state index in [1.165, 1.54) is 11.3 Å². The molecule has 2 bridgehead atoms. The van der Waals surface area contributed by atoms with Gasteiger partial charge in [0.05, 0.1) is 15.6 Å². The van der Waals surface area contributed by atoms with Crippen molar-refractivity contribution in [1.82, 2.24) is 4.98 Å². The van der Waals surface area contributed by atoms with E-state index in [0.29, 0.717) is 18.0 Å². The van der Waals surface area contributed by atoms with Crippen LogP contribution >= 0.6 is 27.3 Å². The number of benzene rings is 1. The van der Waals surface area contributed by atoms with Gasteiger partial charge in [-0.15, -0.1) is 0 Å². The molecule has 2 fully saturated rings. The SMILES string of the molecule is CC1(C)[C@@]2(C(=O)Nc3nc4ccc(Br)cc4s3)CC[C@]1(C)C(=O)O2. The molecule has 0 spiro atoms. The second-order valence-electron chi connectivity index (χ2n) is 7.26. The second kappa shape index (κ2) is 4.79. The molecule has 0 unspecified atom stereocenters. The zero-order chi connectivity index (χ0) is 17.3. The van der Waals surface area contributed by atoms with Crippen molar-refractivity contribution in [2.75, 3.05) is 5.32 Å². The van der Waals surface area contributed by atoms with Crippen LogP contribution in [0.15, 0.2) is 22.7 Å². The molecule has 2 aliphatic rings. The lowest BCUT2D eigenvalue weighted by molar-refractivity contribution is -0.165. The van der Waals surface area contributed by atoms with Gasteiger partial charge < -0.3 is 4.74 Å². The van der Waals surface area contributed by atoms with Crippen LogP contribution in [0.1, 0.15) is 33.6 Å². The summed E-state index contributed by atoms with van der Waals surface area (Å²) in [7, 11) is 0. The van der Waals surface area contributed by atoms with Crippen molar-refractivity contribution in [3.8, 4) is 0 Å². The Morgan fingerprint density at radius 3 is 2.71 bits per heavy atom. The molecule has 1 aliphatic carbocycles. The van der Waals surface area contributed by atoms with E-state index in [4.69, 9.17) is 4.74 Å². The Labute approximate surface area is 151 Å². The van der Waals surface area contributed by atoms with Crippen molar-refractivity contribution in [3.05, 3.63) is 22.7 Å². The number of hydrogen-bond acceptors (Lipinski definition) is 5. The summed E-state index contributed by atoms with van der Waals surface area (Å²) in [6.45, 7) is 5.78. The number of ether oxygens (including phenoxy) is 1. The predicted octanol–water partition coefficient (Wildman–Crippen LogP) is 4.12. The lowest BCUT2D eigenvalue weighted by Crippen LogP contribution is -2.50. The van der Waals surface area contributed by atoms with E-state index in [2.05, 4.69) is 26.2 Å². The highest BCUT2D eigenvalue weighted by atomic mass is 79.9. The van der Waals surface area contributed by atoms with E-state index < -0.39 is 16.4 Å². The van der Waals surface area contributed by atoms with Crippen molar-refractivity contribution in [3.63, 3.8) is 0 Å². The van der Waals surface area contributed by atoms with Crippen LogP contribution in [0.2, 0.25) is 0 Å². The first-order chi connectivity index (χ1) is 11.2. The van der Waals surface area contributed by atoms with Gasteiger partial charge in [-0.1, -0.05) is 41.1 Å². The molecule has 0 radical (unpaired) electrons. The molecule has 1 amide bonds. The number of aromatic nitrogens is 1. The largest absolute Gasteiger partial charge is 0.448 e. The monoisotopic (exact) mass is 408 g/mol. The summed E-state index contributed by atoms with van der Waals surface area (Å²) in [6, 6.07) is 5.78. The number of carbonyl (C=O) groups is 2. The average molecular weight is 409 g/mol. The highest BCUT2D eigenvalue weighted by Gasteiger charge is 2.75. The average Bonchev–Trinajstić information content (AvgIpc) is 3.03. The van der Waals surface area contributed by atoms with E-state index in [1.807, 2.05) is 39.0 Å². The van der Waals surface area contributed by atoms with Crippen molar-refractivity contribution < 1.29 is 14.3 Å². The number of nitrogens with zero attached hydrogens (tertiary/aromatic N) is 1. The van der Waals surface area contributed by atoms with Crippen LogP contribution in [0, 0.1) is 10.8 Å². The number of hydrogen-bond donors (Lipinski definition) is 1. The number of halogens is 1. The van der Waals surface area contributed by atoms with Crippen LogP contribution in [0.3, 0.4) is 0 Å². The van der Waals surface area contributed by atoms with Crippen LogP contribution in [0.25, 0.3) is 10.2 Å². The maximum atomic E-state index is 13.0. The van der Waals surface area contributed by atoms with E-state index in [1.54, 1.807) is 0 Å². The summed E-state index contributed by atoms with van der Waals surface area (Å²) < 4.78 is 7.56. The summed E-state index contributed by atoms with van der Waals surface area (Å²) in [4.78, 5) is 29.8. The fourth-order valence-corrected chi connectivity index (χ4v) is 5.31. The Bertz CT molecular complexity index is 893. The molecule has 5 nitrogen and oxygen atoms in total. The molecular weight excluding hydrogens is 392 g/mol. The fourth-order valence-electron chi connectivity index (χ4n) is 3.90. The topological polar surface area (TPSA) is 68.3 Å². The Kier molecular flexibility index (Phi) is 3.20. The van der Waals surface area contributed by atoms with E-state index in [-0.39, 0.29) is 11.9 Å². The highest BCUT2D eigenvalue weighted by Crippen LogP contribution is 2.65. The van der Waals surface area contributed by atoms with Crippen molar-refractivity contribution >= 4 is 54.5 Å². The van der Waals surface area contributed by atoms with Crippen molar-refractivity contribution in [2.24, 2.45) is 10.8 Å². The number of nitrogens with one attached hydrogen (secondary N) is 1. The summed E-state index contributed by atoms with van der Waals surface area (Å²) >= 11 is 4.84. The molecule has 1 saturated heterocycles. The van der Waals surface area contributed by atoms with E-state index >= 15 is 0 Å². The van der Waals surface area contributed by atoms with Gasteiger partial charge in [0.1, 0.15) is 0 Å². The second-order valence-corrected chi connectivity index (χ2v) is 9.21. The van der Waals surface area contributed by atoms with Gasteiger partial charge in [-0.3, -0.25) is 14.9 Å². The lowest BCUT2D eigenvalue weighted by Gasteiger charge is -2.35. The van der Waals surface area contributed by atoms with Gasteiger partial charge in [0.15, 0.2) is 10.7 Å². The molecule has 7 heteroatoms. The molecule has 1 N–H and O–H groups in total. The lowest BCUT2D eigenvalue weighted by atomic mass is 9.66. The van der Waals surface area contributed by atoms with Crippen LogP contribution in [0.5, 0.6) is 0 Å². The minimum Gasteiger partial charge on any atom is -0.448 e. The Morgan fingerprint density at radius 1 is 1.33 bits per heavy atom. The van der Waals surface area contributed by atoms with Gasteiger partial charge in [0, 0.05) is 9.89 Å². The van der Waals surface area contributed by atoms with E-state index in [9.17, 15) is 9.59 Å². The fraction of sp³-hybridized carbons (Fsp3) is 0.471. The molecule has 24 heavy (non-hydrogen) atoms. The van der Waals surface area contributed by atoms with E-state index in [0.717, 1.165) is 14.7 Å². The molecule has 1 aromatic heterocycles. The van der Waals surface area contributed by atoms with Gasteiger partial charge in [-0.05, 0) is 38.0 Å². The van der Waals surface area contributed by atoms with Crippen LogP contribution in [0.4, 0.5) is 5.13 Å². The number of esters is 1. The molecular formula is C17H17BrN2O3S. The number of rotatable bonds is 2. The smallest absolute Gasteiger partial charge is 0.313 e. The molecule has 1 aliphatic heterocycles. The van der Waals surface area contributed by atoms with Gasteiger partial charge in [-0.2, -0.15) is 0 Å². The molecule has 4 rings (SSSR count). The predicted molar refractivity (Wildman–Crippen MR) is 95.9 cm³/mol. The number of anilines is 1. The zero-order valence-corrected chi connectivity index (χ0v) is 16.0. The normalized spacial score (nSPS) is 30.6. The third kappa shape index (κ3) is 1.82. The van der Waals surface area contributed by atoms with Crippen LogP contribution in [-0.4, -0.2) is 22.5 Å². The molecule has 126 valence electrons. The summed E-state index contributed by atoms with van der Waals surface area (Å²) in [6.07, 6.45) is 1.21. The molecule has 2 aromatic rings. The first-order valence-electron chi connectivity index (χ1n) is 7.81. The third-order valence-corrected chi connectivity index (χ3v) is 7.45. The Hall–Kier alpha value is -1.47. The number of carbonyl (C=O) groups excluding carboxylic acids is 2. The summed E-state index contributed by atoms with van der Waals surface area (Å²) in [5.41, 5.74) is -1.45. The minimum atomic E-state index is -1.11. The van der Waals surface area contributed by atoms with Gasteiger partial charge >= 0.3 is 5.97 Å². The maximum Gasteiger partial charge on any atom is 0.313 e. The summed E-state index contributed by atoms with van der Waals surface area (Å²) in [5.74, 6) is -0.553. The molecule has 1 aromatic carbocycles. The molecule has 1 saturated carbocycles. The Balaban J connectivity index is 1.67. The summed E-state index contributed by atoms with van der Waals surface area (Å²) in [5, 5.41) is 3.40. The minimum absolute atomic E-state index is 0.276. The van der Waals surface area contributed by atoms with Crippen molar-refractivity contribution in [1.29, 1.82) is 0 Å². The third-order valence-electron chi connectivity index (χ3n) is 6.02.